The van der Waals surface area contributed by atoms with E-state index in [1.165, 1.54) is 11.1 Å². The maximum absolute atomic E-state index is 4.90. The molecule has 0 amide bonds. The Morgan fingerprint density at radius 2 is 0.816 bits per heavy atom. The van der Waals surface area contributed by atoms with Crippen LogP contribution in [0.5, 0.6) is 0 Å². The number of para-hydroxylation sites is 2. The number of hydrogen-bond acceptors (Lipinski definition) is 4. The largest absolute Gasteiger partial charge is 0.303 e. The second kappa shape index (κ2) is 11.3. The standard InChI is InChI=1S/C34H30N4/c1-3-13-27(14-4-1)33(35-23-29-21-19-25-11-7-9-17-31(25)37-29)34(28-15-5-2-6-16-28)36-24-30-22-20-26-12-8-10-18-32(26)38-30/h1-22,33-36H,23-24H2. The van der Waals surface area contributed by atoms with E-state index in [-0.39, 0.29) is 12.1 Å². The number of pyridine rings is 2. The summed E-state index contributed by atoms with van der Waals surface area (Å²) < 4.78 is 0. The lowest BCUT2D eigenvalue weighted by Crippen LogP contribution is -2.35. The van der Waals surface area contributed by atoms with E-state index in [9.17, 15) is 0 Å². The third-order valence-corrected chi connectivity index (χ3v) is 6.97. The molecule has 0 aliphatic heterocycles. The molecule has 4 heteroatoms. The van der Waals surface area contributed by atoms with Crippen molar-refractivity contribution in [3.05, 3.63) is 156 Å². The van der Waals surface area contributed by atoms with Crippen LogP contribution in [0.3, 0.4) is 0 Å². The maximum Gasteiger partial charge on any atom is 0.0705 e. The Bertz CT molecular complexity index is 1510. The van der Waals surface area contributed by atoms with Gasteiger partial charge in [-0.2, -0.15) is 0 Å². The van der Waals surface area contributed by atoms with Gasteiger partial charge in [0.1, 0.15) is 0 Å². The Morgan fingerprint density at radius 1 is 0.421 bits per heavy atom. The summed E-state index contributed by atoms with van der Waals surface area (Å²) in [6, 6.07) is 46.4. The zero-order valence-electron chi connectivity index (χ0n) is 21.2. The van der Waals surface area contributed by atoms with Crippen LogP contribution in [0.15, 0.2) is 133 Å². The van der Waals surface area contributed by atoms with Gasteiger partial charge in [-0.1, -0.05) is 109 Å². The maximum atomic E-state index is 4.90. The monoisotopic (exact) mass is 494 g/mol. The molecule has 4 aromatic carbocycles. The normalized spacial score (nSPS) is 12.9. The molecule has 0 saturated carbocycles. The van der Waals surface area contributed by atoms with Crippen molar-refractivity contribution in [1.29, 1.82) is 0 Å². The van der Waals surface area contributed by atoms with Crippen molar-refractivity contribution in [1.82, 2.24) is 20.6 Å². The second-order valence-corrected chi connectivity index (χ2v) is 9.53. The predicted molar refractivity (Wildman–Crippen MR) is 156 cm³/mol. The minimum absolute atomic E-state index is 0.0207. The van der Waals surface area contributed by atoms with Crippen LogP contribution in [0.4, 0.5) is 0 Å². The van der Waals surface area contributed by atoms with Gasteiger partial charge in [-0.15, -0.1) is 0 Å². The minimum atomic E-state index is 0.0207. The van der Waals surface area contributed by atoms with Gasteiger partial charge in [0.05, 0.1) is 34.5 Å². The Kier molecular flexibility index (Phi) is 7.16. The van der Waals surface area contributed by atoms with Crippen molar-refractivity contribution in [2.24, 2.45) is 0 Å². The molecular weight excluding hydrogens is 464 g/mol. The molecule has 4 nitrogen and oxygen atoms in total. The molecule has 0 bridgehead atoms. The van der Waals surface area contributed by atoms with Gasteiger partial charge in [0.15, 0.2) is 0 Å². The number of fused-ring (bicyclic) bond motifs is 2. The van der Waals surface area contributed by atoms with Crippen molar-refractivity contribution in [3.8, 4) is 0 Å². The summed E-state index contributed by atoms with van der Waals surface area (Å²) in [4.78, 5) is 9.81. The smallest absolute Gasteiger partial charge is 0.0705 e. The van der Waals surface area contributed by atoms with E-state index in [0.29, 0.717) is 13.1 Å². The van der Waals surface area contributed by atoms with Gasteiger partial charge in [-0.05, 0) is 35.4 Å². The van der Waals surface area contributed by atoms with Gasteiger partial charge in [0, 0.05) is 23.9 Å². The SMILES string of the molecule is c1ccc(C(NCc2ccc3ccccc3n2)C(NCc2ccc3ccccc3n2)c2ccccc2)cc1. The summed E-state index contributed by atoms with van der Waals surface area (Å²) in [5.74, 6) is 0. The Balaban J connectivity index is 1.30. The second-order valence-electron chi connectivity index (χ2n) is 9.53. The molecule has 6 aromatic rings. The average Bonchev–Trinajstić information content (AvgIpc) is 2.99. The number of benzene rings is 4. The van der Waals surface area contributed by atoms with Crippen molar-refractivity contribution in [3.63, 3.8) is 0 Å². The van der Waals surface area contributed by atoms with Crippen LogP contribution < -0.4 is 10.6 Å². The van der Waals surface area contributed by atoms with Crippen LogP contribution >= 0.6 is 0 Å². The first-order valence-corrected chi connectivity index (χ1v) is 13.1. The molecule has 6 rings (SSSR count). The molecular formula is C34H30N4. The fourth-order valence-electron chi connectivity index (χ4n) is 5.02. The van der Waals surface area contributed by atoms with E-state index in [1.54, 1.807) is 0 Å². The fourth-order valence-corrected chi connectivity index (χ4v) is 5.02. The number of nitrogens with zero attached hydrogens (tertiary/aromatic N) is 2. The van der Waals surface area contributed by atoms with Crippen LogP contribution in [0.1, 0.15) is 34.6 Å². The molecule has 38 heavy (non-hydrogen) atoms. The van der Waals surface area contributed by atoms with Crippen molar-refractivity contribution in [2.45, 2.75) is 25.2 Å². The number of aromatic nitrogens is 2. The minimum Gasteiger partial charge on any atom is -0.303 e. The van der Waals surface area contributed by atoms with Crippen molar-refractivity contribution in [2.75, 3.05) is 0 Å². The zero-order chi connectivity index (χ0) is 25.6. The van der Waals surface area contributed by atoms with E-state index in [1.807, 2.05) is 24.3 Å². The lowest BCUT2D eigenvalue weighted by molar-refractivity contribution is 0.378. The summed E-state index contributed by atoms with van der Waals surface area (Å²) in [6.07, 6.45) is 0. The summed E-state index contributed by atoms with van der Waals surface area (Å²) in [5.41, 5.74) is 6.52. The lowest BCUT2D eigenvalue weighted by atomic mass is 9.93. The molecule has 0 aliphatic carbocycles. The molecule has 2 atom stereocenters. The van der Waals surface area contributed by atoms with Crippen LogP contribution in [0, 0.1) is 0 Å². The molecule has 2 heterocycles. The van der Waals surface area contributed by atoms with E-state index < -0.39 is 0 Å². The van der Waals surface area contributed by atoms with Crippen molar-refractivity contribution >= 4 is 21.8 Å². The highest BCUT2D eigenvalue weighted by atomic mass is 15.0. The first-order chi connectivity index (χ1) is 18.8. The highest BCUT2D eigenvalue weighted by Gasteiger charge is 2.24. The Morgan fingerprint density at radius 3 is 1.26 bits per heavy atom. The topological polar surface area (TPSA) is 49.8 Å². The highest BCUT2D eigenvalue weighted by Crippen LogP contribution is 2.30. The van der Waals surface area contributed by atoms with Crippen LogP contribution in [0.2, 0.25) is 0 Å². The predicted octanol–water partition coefficient (Wildman–Crippen LogP) is 7.15. The summed E-state index contributed by atoms with van der Waals surface area (Å²) >= 11 is 0. The molecule has 2 aromatic heterocycles. The Hall–Kier alpha value is -4.38. The number of rotatable bonds is 9. The van der Waals surface area contributed by atoms with Crippen LogP contribution in [-0.2, 0) is 13.1 Å². The highest BCUT2D eigenvalue weighted by molar-refractivity contribution is 5.79. The summed E-state index contributed by atoms with van der Waals surface area (Å²) in [6.45, 7) is 1.31. The van der Waals surface area contributed by atoms with E-state index in [0.717, 1.165) is 33.2 Å². The third kappa shape index (κ3) is 5.47. The lowest BCUT2D eigenvalue weighted by Gasteiger charge is -2.30. The van der Waals surface area contributed by atoms with Gasteiger partial charge in [0.2, 0.25) is 0 Å². The van der Waals surface area contributed by atoms with Gasteiger partial charge >= 0.3 is 0 Å². The Labute approximate surface area is 223 Å². The van der Waals surface area contributed by atoms with E-state index in [4.69, 9.17) is 9.97 Å². The molecule has 0 aliphatic rings. The quantitative estimate of drug-likeness (QED) is 0.224. The van der Waals surface area contributed by atoms with Crippen LogP contribution in [-0.4, -0.2) is 9.97 Å². The van der Waals surface area contributed by atoms with Gasteiger partial charge in [0.25, 0.3) is 0 Å². The molecule has 2 unspecified atom stereocenters. The number of nitrogens with one attached hydrogen (secondary N) is 2. The summed E-state index contributed by atoms with van der Waals surface area (Å²) in [7, 11) is 0. The van der Waals surface area contributed by atoms with E-state index in [2.05, 4.69) is 120 Å². The first-order valence-electron chi connectivity index (χ1n) is 13.1. The van der Waals surface area contributed by atoms with Gasteiger partial charge < -0.3 is 10.6 Å². The van der Waals surface area contributed by atoms with Gasteiger partial charge in [-0.25, -0.2) is 0 Å². The molecule has 186 valence electrons. The van der Waals surface area contributed by atoms with Gasteiger partial charge in [-0.3, -0.25) is 9.97 Å². The van der Waals surface area contributed by atoms with Crippen LogP contribution in [0.25, 0.3) is 21.8 Å². The zero-order valence-corrected chi connectivity index (χ0v) is 21.2. The number of hydrogen-bond donors (Lipinski definition) is 2. The molecule has 0 radical (unpaired) electrons. The van der Waals surface area contributed by atoms with E-state index >= 15 is 0 Å². The molecule has 0 spiro atoms. The molecule has 2 N–H and O–H groups in total. The average molecular weight is 495 g/mol. The summed E-state index contributed by atoms with van der Waals surface area (Å²) in [5, 5.41) is 9.98. The molecule has 0 saturated heterocycles. The molecule has 0 fully saturated rings. The fraction of sp³-hybridized carbons (Fsp3) is 0.118. The first kappa shape index (κ1) is 24.0. The van der Waals surface area contributed by atoms with Crippen molar-refractivity contribution < 1.29 is 0 Å². The third-order valence-electron chi connectivity index (χ3n) is 6.97.